The average Bonchev–Trinajstić information content (AvgIpc) is 3.47. The van der Waals surface area contributed by atoms with Crippen LogP contribution >= 0.6 is 23.3 Å². The van der Waals surface area contributed by atoms with Gasteiger partial charge in [0, 0.05) is 60.0 Å². The fraction of sp³-hybridized carbons (Fsp3) is 0.250. The van der Waals surface area contributed by atoms with Gasteiger partial charge < -0.3 is 4.90 Å². The molecule has 0 aliphatic carbocycles. The molecular formula is C20H20N6S2. The van der Waals surface area contributed by atoms with Gasteiger partial charge in [-0.3, -0.25) is 14.4 Å². The van der Waals surface area contributed by atoms with E-state index in [0.29, 0.717) is 12.6 Å². The van der Waals surface area contributed by atoms with E-state index < -0.39 is 0 Å². The van der Waals surface area contributed by atoms with Crippen LogP contribution in [0.2, 0.25) is 0 Å². The van der Waals surface area contributed by atoms with Crippen LogP contribution in [0.1, 0.15) is 17.1 Å². The molecular weight excluding hydrogens is 388 g/mol. The maximum absolute atomic E-state index is 4.88. The Kier molecular flexibility index (Phi) is 4.76. The number of thiazole rings is 1. The minimum absolute atomic E-state index is 0.335. The number of aromatic nitrogens is 3. The highest BCUT2D eigenvalue weighted by molar-refractivity contribution is 7.97. The van der Waals surface area contributed by atoms with Crippen LogP contribution in [0.5, 0.6) is 0 Å². The molecule has 2 aromatic heterocycles. The molecule has 0 spiro atoms. The third-order valence-electron chi connectivity index (χ3n) is 4.89. The number of rotatable bonds is 5. The van der Waals surface area contributed by atoms with Gasteiger partial charge in [0.15, 0.2) is 10.8 Å². The summed E-state index contributed by atoms with van der Waals surface area (Å²) in [5.74, 6) is 0.985. The van der Waals surface area contributed by atoms with E-state index in [1.807, 2.05) is 35.6 Å². The van der Waals surface area contributed by atoms with Crippen LogP contribution in [-0.2, 0) is 7.05 Å². The molecule has 2 aliphatic rings. The van der Waals surface area contributed by atoms with Gasteiger partial charge in [0.1, 0.15) is 0 Å². The molecule has 1 unspecified atom stereocenters. The molecule has 1 saturated heterocycles. The molecule has 1 atom stereocenters. The summed E-state index contributed by atoms with van der Waals surface area (Å²) in [5, 5.41) is 7.61. The minimum atomic E-state index is 0.335. The highest BCUT2D eigenvalue weighted by Gasteiger charge is 2.36. The number of hydrogen-bond acceptors (Lipinski definition) is 7. The van der Waals surface area contributed by atoms with Crippen LogP contribution in [0.15, 0.2) is 69.8 Å². The Morgan fingerprint density at radius 3 is 2.86 bits per heavy atom. The normalized spacial score (nSPS) is 19.1. The molecule has 1 fully saturated rings. The number of fused-ring (bicyclic) bond motifs is 1. The topological polar surface area (TPSA) is 58.3 Å². The van der Waals surface area contributed by atoms with Crippen LogP contribution in [0.4, 0.5) is 0 Å². The van der Waals surface area contributed by atoms with Crippen LogP contribution in [-0.4, -0.2) is 44.6 Å². The third kappa shape index (κ3) is 3.39. The molecule has 142 valence electrons. The quantitative estimate of drug-likeness (QED) is 0.656. The number of nitrogens with zero attached hydrogens (tertiary/aromatic N) is 5. The minimum Gasteiger partial charge on any atom is -0.326 e. The maximum atomic E-state index is 4.88. The van der Waals surface area contributed by atoms with Crippen molar-refractivity contribution in [3.05, 3.63) is 70.6 Å². The lowest BCUT2D eigenvalue weighted by atomic mass is 10.1. The molecule has 0 saturated carbocycles. The average molecular weight is 409 g/mol. The van der Waals surface area contributed by atoms with Gasteiger partial charge in [0.2, 0.25) is 0 Å². The molecule has 3 aromatic rings. The van der Waals surface area contributed by atoms with Crippen molar-refractivity contribution in [2.45, 2.75) is 17.4 Å². The van der Waals surface area contributed by atoms with E-state index in [2.05, 4.69) is 50.0 Å². The Labute approximate surface area is 172 Å². The molecule has 1 N–H and O–H groups in total. The summed E-state index contributed by atoms with van der Waals surface area (Å²) in [6.45, 7) is 1.53. The summed E-state index contributed by atoms with van der Waals surface area (Å²) >= 11 is 3.33. The first kappa shape index (κ1) is 17.7. The van der Waals surface area contributed by atoms with Gasteiger partial charge in [-0.25, -0.2) is 4.98 Å². The lowest BCUT2D eigenvalue weighted by molar-refractivity contribution is 0.544. The summed E-state index contributed by atoms with van der Waals surface area (Å²) in [6.07, 6.45) is 4.79. The molecule has 0 radical (unpaired) electrons. The van der Waals surface area contributed by atoms with Gasteiger partial charge in [-0.05, 0) is 30.1 Å². The predicted molar refractivity (Wildman–Crippen MR) is 114 cm³/mol. The fourth-order valence-corrected chi connectivity index (χ4v) is 5.02. The largest absolute Gasteiger partial charge is 0.326 e. The van der Waals surface area contributed by atoms with E-state index in [4.69, 9.17) is 4.99 Å². The van der Waals surface area contributed by atoms with Crippen molar-refractivity contribution in [2.24, 2.45) is 12.0 Å². The Hall–Kier alpha value is -2.42. The van der Waals surface area contributed by atoms with Gasteiger partial charge in [-0.15, -0.1) is 11.3 Å². The lowest BCUT2D eigenvalue weighted by Gasteiger charge is -2.27. The molecule has 5 rings (SSSR count). The predicted octanol–water partition coefficient (Wildman–Crippen LogP) is 3.42. The zero-order chi connectivity index (χ0) is 18.9. The summed E-state index contributed by atoms with van der Waals surface area (Å²) in [4.78, 5) is 12.9. The number of benzene rings is 1. The summed E-state index contributed by atoms with van der Waals surface area (Å²) in [6, 6.07) is 12.8. The van der Waals surface area contributed by atoms with Gasteiger partial charge in [0.25, 0.3) is 0 Å². The Morgan fingerprint density at radius 1 is 1.21 bits per heavy atom. The smallest absolute Gasteiger partial charge is 0.165 e. The zero-order valence-corrected chi connectivity index (χ0v) is 17.1. The number of hydrogen-bond donors (Lipinski definition) is 1. The second-order valence-electron chi connectivity index (χ2n) is 6.82. The van der Waals surface area contributed by atoms with E-state index in [-0.39, 0.29) is 0 Å². The van der Waals surface area contributed by atoms with Crippen LogP contribution in [0, 0.1) is 0 Å². The van der Waals surface area contributed by atoms with Crippen LogP contribution < -0.4 is 4.72 Å². The Balaban J connectivity index is 1.43. The SMILES string of the molecule is Cn1ccc(C2=C3CC(NSc4ccccc4)CN3C(c3nccs3)=NC2)n1. The van der Waals surface area contributed by atoms with Gasteiger partial charge >= 0.3 is 0 Å². The van der Waals surface area contributed by atoms with Crippen molar-refractivity contribution in [1.29, 1.82) is 0 Å². The van der Waals surface area contributed by atoms with Crippen molar-refractivity contribution in [2.75, 3.05) is 13.1 Å². The fourth-order valence-electron chi connectivity index (χ4n) is 3.61. The van der Waals surface area contributed by atoms with E-state index >= 15 is 0 Å². The van der Waals surface area contributed by atoms with Crippen molar-refractivity contribution < 1.29 is 0 Å². The van der Waals surface area contributed by atoms with Crippen molar-refractivity contribution in [3.63, 3.8) is 0 Å². The monoisotopic (exact) mass is 408 g/mol. The number of aliphatic imine (C=N–C) groups is 1. The Morgan fingerprint density at radius 2 is 2.11 bits per heavy atom. The van der Waals surface area contributed by atoms with Crippen LogP contribution in [0.25, 0.3) is 5.57 Å². The molecule has 6 nitrogen and oxygen atoms in total. The zero-order valence-electron chi connectivity index (χ0n) is 15.4. The van der Waals surface area contributed by atoms with Gasteiger partial charge in [0.05, 0.1) is 12.2 Å². The summed E-state index contributed by atoms with van der Waals surface area (Å²) in [5.41, 5.74) is 3.54. The number of nitrogens with one attached hydrogen (secondary N) is 1. The van der Waals surface area contributed by atoms with Crippen LogP contribution in [0.3, 0.4) is 0 Å². The second-order valence-corrected chi connectivity index (χ2v) is 8.63. The third-order valence-corrected chi connectivity index (χ3v) is 6.62. The first-order chi connectivity index (χ1) is 13.8. The van der Waals surface area contributed by atoms with E-state index in [1.54, 1.807) is 23.3 Å². The maximum Gasteiger partial charge on any atom is 0.165 e. The lowest BCUT2D eigenvalue weighted by Crippen LogP contribution is -2.34. The van der Waals surface area contributed by atoms with E-state index in [0.717, 1.165) is 29.5 Å². The highest BCUT2D eigenvalue weighted by Crippen LogP contribution is 2.35. The standard InChI is InChI=1S/C20H20N6S2/c1-25-9-7-17(23-25)16-12-22-19(20-21-8-10-27-20)26-13-14(11-18(16)26)24-28-15-5-3-2-4-6-15/h2-10,14,24H,11-13H2,1H3. The highest BCUT2D eigenvalue weighted by atomic mass is 32.2. The second kappa shape index (κ2) is 7.54. The molecule has 8 heteroatoms. The first-order valence-corrected chi connectivity index (χ1v) is 10.9. The van der Waals surface area contributed by atoms with E-state index in [9.17, 15) is 0 Å². The molecule has 0 bridgehead atoms. The Bertz CT molecular complexity index is 1020. The number of aryl methyl sites for hydroxylation is 1. The summed E-state index contributed by atoms with van der Waals surface area (Å²) in [7, 11) is 1.95. The number of amidine groups is 1. The first-order valence-electron chi connectivity index (χ1n) is 9.19. The molecule has 2 aliphatic heterocycles. The molecule has 4 heterocycles. The van der Waals surface area contributed by atoms with Crippen molar-refractivity contribution in [3.8, 4) is 0 Å². The molecule has 1 aromatic carbocycles. The van der Waals surface area contributed by atoms with Crippen molar-refractivity contribution in [1.82, 2.24) is 24.4 Å². The van der Waals surface area contributed by atoms with Gasteiger partial charge in [-0.1, -0.05) is 18.2 Å². The van der Waals surface area contributed by atoms with E-state index in [1.165, 1.54) is 16.2 Å². The van der Waals surface area contributed by atoms with Crippen molar-refractivity contribution >= 4 is 34.7 Å². The summed E-state index contributed by atoms with van der Waals surface area (Å²) < 4.78 is 5.49. The van der Waals surface area contributed by atoms with Gasteiger partial charge in [-0.2, -0.15) is 5.10 Å². The molecule has 28 heavy (non-hydrogen) atoms. The molecule has 0 amide bonds.